The molecule has 0 aliphatic rings. The van der Waals surface area contributed by atoms with Gasteiger partial charge in [0.2, 0.25) is 5.91 Å². The largest absolute Gasteiger partial charge is 0.337 e. The predicted octanol–water partition coefficient (Wildman–Crippen LogP) is 2.72. The number of hydrogen-bond acceptors (Lipinski definition) is 4. The van der Waals surface area contributed by atoms with Crippen LogP contribution < -0.4 is 0 Å². The van der Waals surface area contributed by atoms with Crippen LogP contribution in [0.3, 0.4) is 0 Å². The lowest BCUT2D eigenvalue weighted by atomic mass is 10.2. The van der Waals surface area contributed by atoms with Crippen LogP contribution in [0.1, 0.15) is 16.3 Å². The molecule has 0 unspecified atom stereocenters. The van der Waals surface area contributed by atoms with Gasteiger partial charge in [-0.2, -0.15) is 0 Å². The van der Waals surface area contributed by atoms with Crippen LogP contribution >= 0.6 is 11.3 Å². The topological polar surface area (TPSA) is 36.4 Å². The van der Waals surface area contributed by atoms with Crippen molar-refractivity contribution in [3.05, 3.63) is 51.7 Å². The number of aryl methyl sites for hydroxylation is 1. The number of benzene rings is 1. The highest BCUT2D eigenvalue weighted by atomic mass is 32.1. The van der Waals surface area contributed by atoms with Gasteiger partial charge in [0.05, 0.1) is 17.1 Å². The number of amides is 1. The molecule has 0 aliphatic heterocycles. The third-order valence-electron chi connectivity index (χ3n) is 3.49. The first-order valence-electron chi connectivity index (χ1n) is 7.52. The molecule has 6 heteroatoms. The zero-order chi connectivity index (χ0) is 16.8. The van der Waals surface area contributed by atoms with Crippen molar-refractivity contribution in [1.82, 2.24) is 14.8 Å². The van der Waals surface area contributed by atoms with Crippen molar-refractivity contribution < 1.29 is 9.18 Å². The lowest BCUT2D eigenvalue weighted by molar-refractivity contribution is -0.131. The molecule has 2 rings (SSSR count). The highest BCUT2D eigenvalue weighted by molar-refractivity contribution is 7.09. The average Bonchev–Trinajstić information content (AvgIpc) is 2.90. The first kappa shape index (κ1) is 17.6. The molecule has 0 bridgehead atoms. The highest BCUT2D eigenvalue weighted by Gasteiger charge is 2.17. The molecule has 1 aromatic carbocycles. The second kappa shape index (κ2) is 8.17. The maximum atomic E-state index is 13.9. The monoisotopic (exact) mass is 335 g/mol. The number of rotatable bonds is 7. The molecule has 1 aromatic heterocycles. The number of aromatic nitrogens is 1. The molecule has 0 atom stereocenters. The van der Waals surface area contributed by atoms with Gasteiger partial charge in [-0.25, -0.2) is 9.37 Å². The van der Waals surface area contributed by atoms with Crippen molar-refractivity contribution in [3.63, 3.8) is 0 Å². The summed E-state index contributed by atoms with van der Waals surface area (Å²) in [6.45, 7) is 3.49. The van der Waals surface area contributed by atoms with Crippen LogP contribution in [-0.4, -0.2) is 47.9 Å². The molecule has 0 fully saturated rings. The van der Waals surface area contributed by atoms with Gasteiger partial charge in [0.1, 0.15) is 5.82 Å². The summed E-state index contributed by atoms with van der Waals surface area (Å²) >= 11 is 1.53. The summed E-state index contributed by atoms with van der Waals surface area (Å²) in [5.74, 6) is -0.306. The van der Waals surface area contributed by atoms with Crippen LogP contribution in [-0.2, 0) is 17.8 Å². The van der Waals surface area contributed by atoms with Crippen LogP contribution in [0.2, 0.25) is 0 Å². The fourth-order valence-corrected chi connectivity index (χ4v) is 2.81. The molecular weight excluding hydrogens is 313 g/mol. The van der Waals surface area contributed by atoms with Crippen molar-refractivity contribution >= 4 is 17.2 Å². The Balaban J connectivity index is 2.09. The molecule has 0 saturated heterocycles. The molecule has 0 N–H and O–H groups in total. The van der Waals surface area contributed by atoms with Gasteiger partial charge in [-0.3, -0.25) is 4.79 Å². The van der Waals surface area contributed by atoms with E-state index in [-0.39, 0.29) is 24.7 Å². The Morgan fingerprint density at radius 1 is 1.26 bits per heavy atom. The van der Waals surface area contributed by atoms with E-state index < -0.39 is 0 Å². The molecule has 23 heavy (non-hydrogen) atoms. The Morgan fingerprint density at radius 2 is 2.00 bits per heavy atom. The molecule has 0 aliphatic carbocycles. The lowest BCUT2D eigenvalue weighted by Gasteiger charge is -2.24. The maximum absolute atomic E-state index is 13.9. The molecule has 0 radical (unpaired) electrons. The van der Waals surface area contributed by atoms with E-state index in [4.69, 9.17) is 0 Å². The standard InChI is InChI=1S/C17H22FN3OS/c1-13-19-15(12-23-13)10-17(22)21(9-8-20(2)3)11-14-6-4-5-7-16(14)18/h4-7,12H,8-11H2,1-3H3. The smallest absolute Gasteiger partial charge is 0.228 e. The second-order valence-electron chi connectivity index (χ2n) is 5.74. The zero-order valence-electron chi connectivity index (χ0n) is 13.8. The van der Waals surface area contributed by atoms with Crippen molar-refractivity contribution in [2.45, 2.75) is 19.9 Å². The molecular formula is C17H22FN3OS. The van der Waals surface area contributed by atoms with Crippen LogP contribution in [0, 0.1) is 12.7 Å². The van der Waals surface area contributed by atoms with Gasteiger partial charge in [0, 0.05) is 30.6 Å². The van der Waals surface area contributed by atoms with Crippen LogP contribution in [0.5, 0.6) is 0 Å². The number of nitrogens with zero attached hydrogens (tertiary/aromatic N) is 3. The first-order chi connectivity index (χ1) is 11.0. The highest BCUT2D eigenvalue weighted by Crippen LogP contribution is 2.13. The van der Waals surface area contributed by atoms with Gasteiger partial charge >= 0.3 is 0 Å². The average molecular weight is 335 g/mol. The van der Waals surface area contributed by atoms with E-state index in [9.17, 15) is 9.18 Å². The molecule has 4 nitrogen and oxygen atoms in total. The molecule has 2 aromatic rings. The van der Waals surface area contributed by atoms with Crippen LogP contribution in [0.4, 0.5) is 4.39 Å². The summed E-state index contributed by atoms with van der Waals surface area (Å²) in [6, 6.07) is 6.59. The SMILES string of the molecule is Cc1nc(CC(=O)N(CCN(C)C)Cc2ccccc2F)cs1. The Morgan fingerprint density at radius 3 is 2.61 bits per heavy atom. The Kier molecular flexibility index (Phi) is 6.24. The van der Waals surface area contributed by atoms with E-state index in [2.05, 4.69) is 4.98 Å². The summed E-state index contributed by atoms with van der Waals surface area (Å²) < 4.78 is 13.9. The summed E-state index contributed by atoms with van der Waals surface area (Å²) in [5.41, 5.74) is 1.31. The van der Waals surface area contributed by atoms with E-state index in [1.54, 1.807) is 23.1 Å². The van der Waals surface area contributed by atoms with E-state index in [1.165, 1.54) is 17.4 Å². The lowest BCUT2D eigenvalue weighted by Crippen LogP contribution is -2.37. The van der Waals surface area contributed by atoms with Crippen molar-refractivity contribution in [2.24, 2.45) is 0 Å². The quantitative estimate of drug-likeness (QED) is 0.781. The summed E-state index contributed by atoms with van der Waals surface area (Å²) in [7, 11) is 3.91. The number of likely N-dealkylation sites (N-methyl/N-ethyl adjacent to an activating group) is 1. The van der Waals surface area contributed by atoms with Crippen LogP contribution in [0.25, 0.3) is 0 Å². The molecule has 0 spiro atoms. The maximum Gasteiger partial charge on any atom is 0.228 e. The van der Waals surface area contributed by atoms with E-state index in [0.717, 1.165) is 17.2 Å². The van der Waals surface area contributed by atoms with Crippen molar-refractivity contribution in [1.29, 1.82) is 0 Å². The molecule has 124 valence electrons. The third kappa shape index (κ3) is 5.41. The molecule has 1 amide bonds. The van der Waals surface area contributed by atoms with Gasteiger partial charge in [-0.15, -0.1) is 11.3 Å². The second-order valence-corrected chi connectivity index (χ2v) is 6.81. The Labute approximate surface area is 140 Å². The fourth-order valence-electron chi connectivity index (χ4n) is 2.20. The summed E-state index contributed by atoms with van der Waals surface area (Å²) in [4.78, 5) is 20.6. The number of thiazole rings is 1. The fraction of sp³-hybridized carbons (Fsp3) is 0.412. The van der Waals surface area contributed by atoms with Gasteiger partial charge in [0.25, 0.3) is 0 Å². The zero-order valence-corrected chi connectivity index (χ0v) is 14.6. The first-order valence-corrected chi connectivity index (χ1v) is 8.40. The van der Waals surface area contributed by atoms with E-state index >= 15 is 0 Å². The molecule has 0 saturated carbocycles. The number of halogens is 1. The predicted molar refractivity (Wildman–Crippen MR) is 90.9 cm³/mol. The normalized spacial score (nSPS) is 11.0. The van der Waals surface area contributed by atoms with Gasteiger partial charge in [-0.05, 0) is 27.1 Å². The molecule has 1 heterocycles. The van der Waals surface area contributed by atoms with Gasteiger partial charge < -0.3 is 9.80 Å². The number of hydrogen-bond donors (Lipinski definition) is 0. The minimum Gasteiger partial charge on any atom is -0.337 e. The minimum atomic E-state index is -0.278. The summed E-state index contributed by atoms with van der Waals surface area (Å²) in [6.07, 6.45) is 0.256. The third-order valence-corrected chi connectivity index (χ3v) is 4.31. The van der Waals surface area contributed by atoms with Crippen LogP contribution in [0.15, 0.2) is 29.6 Å². The minimum absolute atomic E-state index is 0.0274. The summed E-state index contributed by atoms with van der Waals surface area (Å²) in [5, 5.41) is 2.85. The van der Waals surface area contributed by atoms with Gasteiger partial charge in [-0.1, -0.05) is 18.2 Å². The van der Waals surface area contributed by atoms with Crippen molar-refractivity contribution in [3.8, 4) is 0 Å². The Bertz CT molecular complexity index is 657. The number of carbonyl (C=O) groups excluding carboxylic acids is 1. The van der Waals surface area contributed by atoms with E-state index in [0.29, 0.717) is 12.1 Å². The Hall–Kier alpha value is -1.79. The number of carbonyl (C=O) groups is 1. The van der Waals surface area contributed by atoms with Crippen molar-refractivity contribution in [2.75, 3.05) is 27.2 Å². The van der Waals surface area contributed by atoms with E-state index in [1.807, 2.05) is 31.3 Å². The van der Waals surface area contributed by atoms with Gasteiger partial charge in [0.15, 0.2) is 0 Å².